The predicted octanol–water partition coefficient (Wildman–Crippen LogP) is 3.21. The van der Waals surface area contributed by atoms with Crippen LogP contribution >= 0.6 is 11.3 Å². The fourth-order valence-corrected chi connectivity index (χ4v) is 3.62. The van der Waals surface area contributed by atoms with Crippen LogP contribution in [-0.4, -0.2) is 36.1 Å². The Bertz CT molecular complexity index is 559. The van der Waals surface area contributed by atoms with Crippen LogP contribution in [0.15, 0.2) is 0 Å². The summed E-state index contributed by atoms with van der Waals surface area (Å²) < 4.78 is 5.22. The first-order valence-electron chi connectivity index (χ1n) is 7.97. The van der Waals surface area contributed by atoms with Crippen LogP contribution in [0.1, 0.15) is 56.6 Å². The highest BCUT2D eigenvalue weighted by Crippen LogP contribution is 2.31. The molecule has 1 atom stereocenters. The van der Waals surface area contributed by atoms with Gasteiger partial charge in [-0.15, -0.1) is 0 Å². The van der Waals surface area contributed by atoms with E-state index in [2.05, 4.69) is 15.2 Å². The Labute approximate surface area is 141 Å². The smallest absolute Gasteiger partial charge is 0.408 e. The van der Waals surface area contributed by atoms with Crippen molar-refractivity contribution >= 4 is 28.8 Å². The van der Waals surface area contributed by atoms with Crippen molar-refractivity contribution in [1.82, 2.24) is 10.3 Å². The van der Waals surface area contributed by atoms with E-state index in [1.807, 2.05) is 6.92 Å². The SMILES string of the molecule is Cc1nc(N2CCCCC2)sc1C(C=O)NC(=O)OC(C)(C)C. The van der Waals surface area contributed by atoms with Crippen LogP contribution in [0, 0.1) is 6.92 Å². The van der Waals surface area contributed by atoms with Gasteiger partial charge in [-0.05, 0) is 47.0 Å². The minimum absolute atomic E-state index is 0.595. The number of aryl methyl sites for hydroxylation is 1. The van der Waals surface area contributed by atoms with Crippen LogP contribution in [0.4, 0.5) is 9.93 Å². The van der Waals surface area contributed by atoms with E-state index in [1.54, 1.807) is 20.8 Å². The number of anilines is 1. The maximum atomic E-state index is 11.9. The largest absolute Gasteiger partial charge is 0.444 e. The summed E-state index contributed by atoms with van der Waals surface area (Å²) in [5, 5.41) is 3.55. The molecule has 2 heterocycles. The highest BCUT2D eigenvalue weighted by molar-refractivity contribution is 7.15. The van der Waals surface area contributed by atoms with Gasteiger partial charge in [0.05, 0.1) is 10.6 Å². The van der Waals surface area contributed by atoms with Crippen molar-refractivity contribution in [2.24, 2.45) is 0 Å². The molecule has 0 radical (unpaired) electrons. The molecule has 1 amide bonds. The fourth-order valence-electron chi connectivity index (χ4n) is 2.50. The van der Waals surface area contributed by atoms with Crippen molar-refractivity contribution in [3.05, 3.63) is 10.6 Å². The van der Waals surface area contributed by atoms with Crippen molar-refractivity contribution in [2.75, 3.05) is 18.0 Å². The molecule has 1 unspecified atom stereocenters. The van der Waals surface area contributed by atoms with E-state index in [1.165, 1.54) is 30.6 Å². The first-order chi connectivity index (χ1) is 10.8. The van der Waals surface area contributed by atoms with Crippen LogP contribution in [0.5, 0.6) is 0 Å². The fraction of sp³-hybridized carbons (Fsp3) is 0.688. The zero-order chi connectivity index (χ0) is 17.0. The molecule has 0 bridgehead atoms. The number of aldehydes is 1. The lowest BCUT2D eigenvalue weighted by Crippen LogP contribution is -2.35. The normalized spacial score (nSPS) is 16.8. The Balaban J connectivity index is 2.10. The topological polar surface area (TPSA) is 71.5 Å². The van der Waals surface area contributed by atoms with Crippen molar-refractivity contribution in [3.8, 4) is 0 Å². The average Bonchev–Trinajstić information content (AvgIpc) is 2.86. The minimum Gasteiger partial charge on any atom is -0.444 e. The molecule has 1 N–H and O–H groups in total. The number of thiazole rings is 1. The molecule has 0 aromatic carbocycles. The van der Waals surface area contributed by atoms with Crippen molar-refractivity contribution < 1.29 is 14.3 Å². The van der Waals surface area contributed by atoms with Crippen LogP contribution in [0.2, 0.25) is 0 Å². The van der Waals surface area contributed by atoms with E-state index in [-0.39, 0.29) is 0 Å². The van der Waals surface area contributed by atoms with Crippen molar-refractivity contribution in [1.29, 1.82) is 0 Å². The molecule has 1 saturated heterocycles. The zero-order valence-electron chi connectivity index (χ0n) is 14.2. The second-order valence-corrected chi connectivity index (χ2v) is 7.76. The number of piperidine rings is 1. The molecule has 128 valence electrons. The number of rotatable bonds is 4. The lowest BCUT2D eigenvalue weighted by Gasteiger charge is -2.25. The Morgan fingerprint density at radius 1 is 1.35 bits per heavy atom. The Morgan fingerprint density at radius 2 is 2.00 bits per heavy atom. The van der Waals surface area contributed by atoms with Crippen LogP contribution < -0.4 is 10.2 Å². The molecule has 1 aliphatic heterocycles. The Morgan fingerprint density at radius 3 is 2.57 bits per heavy atom. The third kappa shape index (κ3) is 4.92. The molecule has 1 fully saturated rings. The summed E-state index contributed by atoms with van der Waals surface area (Å²) in [5.41, 5.74) is 0.183. The highest BCUT2D eigenvalue weighted by Gasteiger charge is 2.25. The Hall–Kier alpha value is -1.63. The van der Waals surface area contributed by atoms with E-state index < -0.39 is 17.7 Å². The second kappa shape index (κ2) is 7.29. The lowest BCUT2D eigenvalue weighted by atomic mass is 10.1. The molecule has 0 saturated carbocycles. The number of carbonyl (C=O) groups excluding carboxylic acids is 2. The average molecular weight is 339 g/mol. The van der Waals surface area contributed by atoms with Gasteiger partial charge in [-0.2, -0.15) is 0 Å². The number of ether oxygens (including phenoxy) is 1. The van der Waals surface area contributed by atoms with Gasteiger partial charge in [0.1, 0.15) is 17.9 Å². The number of amides is 1. The van der Waals surface area contributed by atoms with Gasteiger partial charge < -0.3 is 19.7 Å². The first-order valence-corrected chi connectivity index (χ1v) is 8.79. The number of nitrogens with zero attached hydrogens (tertiary/aromatic N) is 2. The lowest BCUT2D eigenvalue weighted by molar-refractivity contribution is -0.109. The third-order valence-corrected chi connectivity index (χ3v) is 4.84. The number of hydrogen-bond acceptors (Lipinski definition) is 6. The molecular formula is C16H25N3O3S. The predicted molar refractivity (Wildman–Crippen MR) is 91.1 cm³/mol. The number of alkyl carbamates (subject to hydrolysis) is 1. The van der Waals surface area contributed by atoms with Crippen LogP contribution in [0.3, 0.4) is 0 Å². The molecule has 23 heavy (non-hydrogen) atoms. The zero-order valence-corrected chi connectivity index (χ0v) is 15.0. The number of hydrogen-bond donors (Lipinski definition) is 1. The third-order valence-electron chi connectivity index (χ3n) is 3.54. The molecule has 1 aromatic rings. The van der Waals surface area contributed by atoms with Gasteiger partial charge in [-0.3, -0.25) is 0 Å². The van der Waals surface area contributed by atoms with Gasteiger partial charge in [0, 0.05) is 13.1 Å². The summed E-state index contributed by atoms with van der Waals surface area (Å²) in [6.07, 6.45) is 3.72. The van der Waals surface area contributed by atoms with E-state index >= 15 is 0 Å². The molecule has 1 aromatic heterocycles. The van der Waals surface area contributed by atoms with Gasteiger partial charge in [-0.25, -0.2) is 9.78 Å². The van der Waals surface area contributed by atoms with E-state index in [0.717, 1.165) is 35.1 Å². The molecule has 2 rings (SSSR count). The van der Waals surface area contributed by atoms with Gasteiger partial charge in [0.15, 0.2) is 5.13 Å². The maximum Gasteiger partial charge on any atom is 0.408 e. The van der Waals surface area contributed by atoms with Crippen molar-refractivity contribution in [3.63, 3.8) is 0 Å². The number of nitrogens with one attached hydrogen (secondary N) is 1. The molecule has 0 aliphatic carbocycles. The number of aromatic nitrogens is 1. The molecular weight excluding hydrogens is 314 g/mol. The quantitative estimate of drug-likeness (QED) is 0.853. The van der Waals surface area contributed by atoms with Crippen molar-refractivity contribution in [2.45, 2.75) is 58.6 Å². The highest BCUT2D eigenvalue weighted by atomic mass is 32.1. The standard InChI is InChI=1S/C16H25N3O3S/c1-11-13(12(10-20)18-15(21)22-16(2,3)4)23-14(17-11)19-8-6-5-7-9-19/h10,12H,5-9H2,1-4H3,(H,18,21). The maximum absolute atomic E-state index is 11.9. The Kier molecular flexibility index (Phi) is 5.62. The van der Waals surface area contributed by atoms with E-state index in [0.29, 0.717) is 0 Å². The molecule has 6 nitrogen and oxygen atoms in total. The van der Waals surface area contributed by atoms with Crippen LogP contribution in [-0.2, 0) is 9.53 Å². The summed E-state index contributed by atoms with van der Waals surface area (Å²) in [6.45, 7) is 9.22. The summed E-state index contributed by atoms with van der Waals surface area (Å²) in [4.78, 5) is 30.9. The molecule has 1 aliphatic rings. The minimum atomic E-state index is -0.721. The van der Waals surface area contributed by atoms with Gasteiger partial charge in [0.2, 0.25) is 0 Å². The molecule has 0 spiro atoms. The summed E-state index contributed by atoms with van der Waals surface area (Å²) in [7, 11) is 0. The summed E-state index contributed by atoms with van der Waals surface area (Å²) in [6, 6.07) is -0.721. The van der Waals surface area contributed by atoms with Gasteiger partial charge in [0.25, 0.3) is 0 Å². The first kappa shape index (κ1) is 17.7. The summed E-state index contributed by atoms with van der Waals surface area (Å²) >= 11 is 1.47. The number of carbonyl (C=O) groups is 2. The summed E-state index contributed by atoms with van der Waals surface area (Å²) in [5.74, 6) is 0. The van der Waals surface area contributed by atoms with E-state index in [4.69, 9.17) is 4.74 Å². The monoisotopic (exact) mass is 339 g/mol. The van der Waals surface area contributed by atoms with Gasteiger partial charge >= 0.3 is 6.09 Å². The van der Waals surface area contributed by atoms with E-state index in [9.17, 15) is 9.59 Å². The van der Waals surface area contributed by atoms with Gasteiger partial charge in [-0.1, -0.05) is 11.3 Å². The second-order valence-electron chi connectivity index (χ2n) is 6.75. The molecule has 7 heteroatoms. The van der Waals surface area contributed by atoms with Crippen LogP contribution in [0.25, 0.3) is 0 Å².